The second kappa shape index (κ2) is 1.88. The minimum atomic E-state index is 0.654. The van der Waals surface area contributed by atoms with Crippen LogP contribution in [0.5, 0.6) is 0 Å². The molecule has 2 nitrogen and oxygen atoms in total. The molecule has 0 aromatic rings. The van der Waals surface area contributed by atoms with Crippen LogP contribution >= 0.6 is 0 Å². The molecule has 2 aliphatic carbocycles. The average molecular weight is 166 g/mol. The Morgan fingerprint density at radius 3 is 1.25 bits per heavy atom. The van der Waals surface area contributed by atoms with Crippen molar-refractivity contribution in [2.75, 3.05) is 0 Å². The van der Waals surface area contributed by atoms with Crippen LogP contribution in [0.4, 0.5) is 0 Å². The van der Waals surface area contributed by atoms with Gasteiger partial charge in [-0.25, -0.2) is 0 Å². The van der Waals surface area contributed by atoms with Gasteiger partial charge in [-0.15, -0.1) is 0 Å². The molecule has 0 N–H and O–H groups in total. The fourth-order valence-corrected chi connectivity index (χ4v) is 3.34. The summed E-state index contributed by atoms with van der Waals surface area (Å²) in [7, 11) is 0. The van der Waals surface area contributed by atoms with Gasteiger partial charge in [-0.3, -0.25) is 0 Å². The lowest BCUT2D eigenvalue weighted by atomic mass is 9.71. The highest BCUT2D eigenvalue weighted by molar-refractivity contribution is 5.03. The van der Waals surface area contributed by atoms with Gasteiger partial charge in [0.1, 0.15) is 0 Å². The lowest BCUT2D eigenvalue weighted by Gasteiger charge is -2.31. The molecule has 0 spiro atoms. The van der Waals surface area contributed by atoms with Crippen molar-refractivity contribution in [3.63, 3.8) is 0 Å². The molecule has 4 fully saturated rings. The molecule has 0 amide bonds. The van der Waals surface area contributed by atoms with Crippen molar-refractivity contribution in [3.05, 3.63) is 0 Å². The number of ether oxygens (including phenoxy) is 2. The van der Waals surface area contributed by atoms with E-state index in [9.17, 15) is 0 Å². The van der Waals surface area contributed by atoms with Gasteiger partial charge in [-0.2, -0.15) is 0 Å². The second-order valence-electron chi connectivity index (χ2n) is 4.89. The quantitative estimate of drug-likeness (QED) is 0.507. The van der Waals surface area contributed by atoms with E-state index in [4.69, 9.17) is 9.47 Å². The zero-order chi connectivity index (χ0) is 7.71. The van der Waals surface area contributed by atoms with Gasteiger partial charge in [-0.05, 0) is 37.5 Å². The molecule has 0 aromatic carbocycles. The largest absolute Gasteiger partial charge is 0.370 e. The third-order valence-corrected chi connectivity index (χ3v) is 4.18. The lowest BCUT2D eigenvalue weighted by molar-refractivity contribution is 0.211. The predicted molar refractivity (Wildman–Crippen MR) is 42.8 cm³/mol. The first-order valence-corrected chi connectivity index (χ1v) is 5.21. The smallest absolute Gasteiger partial charge is 0.0844 e. The van der Waals surface area contributed by atoms with Gasteiger partial charge in [0, 0.05) is 0 Å². The summed E-state index contributed by atoms with van der Waals surface area (Å²) in [6.45, 7) is 0. The summed E-state index contributed by atoms with van der Waals surface area (Å²) >= 11 is 0. The van der Waals surface area contributed by atoms with Crippen molar-refractivity contribution in [1.82, 2.24) is 0 Å². The molecule has 2 saturated heterocycles. The Kier molecular flexibility index (Phi) is 0.999. The molecule has 4 aliphatic rings. The molecule has 0 radical (unpaired) electrons. The molecule has 2 heterocycles. The minimum Gasteiger partial charge on any atom is -0.370 e. The van der Waals surface area contributed by atoms with Crippen molar-refractivity contribution in [3.8, 4) is 0 Å². The van der Waals surface area contributed by atoms with Crippen molar-refractivity contribution >= 4 is 0 Å². The maximum absolute atomic E-state index is 5.58. The normalized spacial score (nSPS) is 66.0. The molecule has 4 rings (SSSR count). The van der Waals surface area contributed by atoms with Crippen LogP contribution in [-0.2, 0) is 9.47 Å². The van der Waals surface area contributed by atoms with E-state index in [1.165, 1.54) is 25.7 Å². The fraction of sp³-hybridized carbons (Fsp3) is 1.00. The van der Waals surface area contributed by atoms with Crippen LogP contribution in [0.2, 0.25) is 0 Å². The summed E-state index contributed by atoms with van der Waals surface area (Å²) in [5.41, 5.74) is 0. The van der Waals surface area contributed by atoms with Crippen molar-refractivity contribution in [2.24, 2.45) is 11.8 Å². The second-order valence-corrected chi connectivity index (χ2v) is 4.89. The first-order chi connectivity index (χ1) is 5.90. The van der Waals surface area contributed by atoms with E-state index in [0.29, 0.717) is 24.4 Å². The maximum Gasteiger partial charge on any atom is 0.0844 e. The van der Waals surface area contributed by atoms with E-state index >= 15 is 0 Å². The van der Waals surface area contributed by atoms with Gasteiger partial charge < -0.3 is 9.47 Å². The van der Waals surface area contributed by atoms with Crippen molar-refractivity contribution in [2.45, 2.75) is 50.1 Å². The predicted octanol–water partition coefficient (Wildman–Crippen LogP) is 1.34. The molecule has 0 aromatic heterocycles. The Morgan fingerprint density at radius 2 is 0.917 bits per heavy atom. The van der Waals surface area contributed by atoms with E-state index in [0.717, 1.165) is 11.8 Å². The first-order valence-electron chi connectivity index (χ1n) is 5.21. The van der Waals surface area contributed by atoms with Crippen LogP contribution in [0.25, 0.3) is 0 Å². The van der Waals surface area contributed by atoms with Crippen LogP contribution in [0.15, 0.2) is 0 Å². The van der Waals surface area contributed by atoms with Gasteiger partial charge in [0.25, 0.3) is 0 Å². The van der Waals surface area contributed by atoms with Crippen LogP contribution < -0.4 is 0 Å². The fourth-order valence-electron chi connectivity index (χ4n) is 3.34. The van der Waals surface area contributed by atoms with E-state index in [-0.39, 0.29) is 0 Å². The number of epoxide rings is 2. The summed E-state index contributed by atoms with van der Waals surface area (Å²) < 4.78 is 11.2. The number of fused-ring (bicyclic) bond motifs is 3. The third-order valence-electron chi connectivity index (χ3n) is 4.18. The van der Waals surface area contributed by atoms with Gasteiger partial charge in [0.15, 0.2) is 0 Å². The van der Waals surface area contributed by atoms with Crippen LogP contribution in [0.3, 0.4) is 0 Å². The zero-order valence-corrected chi connectivity index (χ0v) is 7.11. The molecule has 0 bridgehead atoms. The number of rotatable bonds is 0. The van der Waals surface area contributed by atoms with Crippen LogP contribution in [0, 0.1) is 11.8 Å². The highest BCUT2D eigenvalue weighted by Crippen LogP contribution is 2.53. The lowest BCUT2D eigenvalue weighted by Crippen LogP contribution is -2.30. The SMILES string of the molecule is C1C2CC3OC3CC2CC2OC12. The Hall–Kier alpha value is -0.0800. The summed E-state index contributed by atoms with van der Waals surface area (Å²) in [6.07, 6.45) is 7.96. The molecular weight excluding hydrogens is 152 g/mol. The van der Waals surface area contributed by atoms with Crippen molar-refractivity contribution in [1.29, 1.82) is 0 Å². The highest BCUT2D eigenvalue weighted by Gasteiger charge is 2.55. The summed E-state index contributed by atoms with van der Waals surface area (Å²) in [4.78, 5) is 0. The van der Waals surface area contributed by atoms with Gasteiger partial charge >= 0.3 is 0 Å². The maximum atomic E-state index is 5.58. The Bertz CT molecular complexity index is 184. The van der Waals surface area contributed by atoms with E-state index < -0.39 is 0 Å². The standard InChI is InChI=1S/C10H14O2/c1-5-2-9-10(12-9)4-6(5)3-8-7(1)11-8/h5-10H,1-4H2. The third kappa shape index (κ3) is 0.775. The van der Waals surface area contributed by atoms with E-state index in [2.05, 4.69) is 0 Å². The molecule has 4 atom stereocenters. The Balaban J connectivity index is 1.58. The molecule has 66 valence electrons. The Labute approximate surface area is 72.2 Å². The average Bonchev–Trinajstić information content (AvgIpc) is 2.88. The Morgan fingerprint density at radius 1 is 0.583 bits per heavy atom. The van der Waals surface area contributed by atoms with Gasteiger partial charge in [-0.1, -0.05) is 0 Å². The zero-order valence-electron chi connectivity index (χ0n) is 7.11. The van der Waals surface area contributed by atoms with E-state index in [1.54, 1.807) is 0 Å². The number of hydrogen-bond acceptors (Lipinski definition) is 2. The van der Waals surface area contributed by atoms with Gasteiger partial charge in [0.2, 0.25) is 0 Å². The number of hydrogen-bond donors (Lipinski definition) is 0. The molecule has 4 unspecified atom stereocenters. The minimum absolute atomic E-state index is 0.654. The summed E-state index contributed by atoms with van der Waals surface area (Å²) in [6, 6.07) is 0. The highest BCUT2D eigenvalue weighted by atomic mass is 16.6. The monoisotopic (exact) mass is 166 g/mol. The first kappa shape index (κ1) is 6.39. The van der Waals surface area contributed by atoms with Crippen molar-refractivity contribution < 1.29 is 9.47 Å². The van der Waals surface area contributed by atoms with Crippen LogP contribution in [-0.4, -0.2) is 24.4 Å². The molecule has 2 aliphatic heterocycles. The van der Waals surface area contributed by atoms with Crippen LogP contribution in [0.1, 0.15) is 25.7 Å². The van der Waals surface area contributed by atoms with E-state index in [1.807, 2.05) is 0 Å². The van der Waals surface area contributed by atoms with Gasteiger partial charge in [0.05, 0.1) is 24.4 Å². The summed E-state index contributed by atoms with van der Waals surface area (Å²) in [5, 5.41) is 0. The molecule has 2 saturated carbocycles. The summed E-state index contributed by atoms with van der Waals surface area (Å²) in [5.74, 6) is 1.88. The molecular formula is C10H14O2. The molecule has 2 heteroatoms. The molecule has 12 heavy (non-hydrogen) atoms. The topological polar surface area (TPSA) is 25.1 Å².